The first kappa shape index (κ1) is 25.2. The van der Waals surface area contributed by atoms with Crippen molar-refractivity contribution < 1.29 is 35.1 Å². The normalized spacial score (nSPS) is 14.4. The third-order valence-corrected chi connectivity index (χ3v) is 7.05. The Labute approximate surface area is 196 Å². The molecule has 1 aromatic rings. The van der Waals surface area contributed by atoms with Crippen LogP contribution in [-0.2, 0) is 11.4 Å². The Balaban J connectivity index is 3.45. The summed E-state index contributed by atoms with van der Waals surface area (Å²) in [6.45, 7) is -0.341. The standard InChI is InChI=1S/C15H19I3N2O7/c1-5(24)14(26)20-13-11(17)6(2-21)10(16)9(12(13)18)15(27)19-7(3-22)8(25)4-23/h5,7-8,21-25H,2-4H2,1H3,(H,19,27)(H,20,26). The van der Waals surface area contributed by atoms with Gasteiger partial charge in [0.05, 0.1) is 46.8 Å². The molecule has 152 valence electrons. The van der Waals surface area contributed by atoms with E-state index in [1.165, 1.54) is 6.92 Å². The van der Waals surface area contributed by atoms with Crippen molar-refractivity contribution in [1.29, 1.82) is 0 Å². The highest BCUT2D eigenvalue weighted by atomic mass is 127. The zero-order valence-corrected chi connectivity index (χ0v) is 20.5. The predicted molar refractivity (Wildman–Crippen MR) is 122 cm³/mol. The minimum absolute atomic E-state index is 0.130. The molecule has 0 saturated carbocycles. The van der Waals surface area contributed by atoms with E-state index < -0.39 is 49.9 Å². The lowest BCUT2D eigenvalue weighted by Crippen LogP contribution is -2.47. The first-order chi connectivity index (χ1) is 12.6. The average molecular weight is 720 g/mol. The van der Waals surface area contributed by atoms with E-state index in [0.717, 1.165) is 0 Å². The van der Waals surface area contributed by atoms with Crippen LogP contribution >= 0.6 is 67.8 Å². The maximum absolute atomic E-state index is 12.8. The molecule has 0 heterocycles. The molecule has 1 rings (SSSR count). The largest absolute Gasteiger partial charge is 0.394 e. The summed E-state index contributed by atoms with van der Waals surface area (Å²) in [5.41, 5.74) is 0.802. The molecule has 0 spiro atoms. The molecule has 0 aromatic heterocycles. The number of carbonyl (C=O) groups is 2. The van der Waals surface area contributed by atoms with Crippen molar-refractivity contribution in [2.75, 3.05) is 18.5 Å². The number of hydrogen-bond donors (Lipinski definition) is 7. The van der Waals surface area contributed by atoms with Crippen LogP contribution in [0.4, 0.5) is 5.69 Å². The number of hydrogen-bond acceptors (Lipinski definition) is 7. The van der Waals surface area contributed by atoms with Crippen LogP contribution in [0.5, 0.6) is 0 Å². The van der Waals surface area contributed by atoms with E-state index in [-0.39, 0.29) is 11.3 Å². The van der Waals surface area contributed by atoms with Gasteiger partial charge in [0.1, 0.15) is 6.10 Å². The highest BCUT2D eigenvalue weighted by Crippen LogP contribution is 2.36. The summed E-state index contributed by atoms with van der Waals surface area (Å²) in [5, 5.41) is 52.1. The summed E-state index contributed by atoms with van der Waals surface area (Å²) in [6, 6.07) is -1.10. The van der Waals surface area contributed by atoms with E-state index >= 15 is 0 Å². The highest BCUT2D eigenvalue weighted by Gasteiger charge is 2.28. The molecule has 3 atom stereocenters. The first-order valence-electron chi connectivity index (χ1n) is 7.60. The highest BCUT2D eigenvalue weighted by molar-refractivity contribution is 14.1. The zero-order chi connectivity index (χ0) is 20.9. The summed E-state index contributed by atoms with van der Waals surface area (Å²) in [4.78, 5) is 24.7. The lowest BCUT2D eigenvalue weighted by atomic mass is 10.1. The van der Waals surface area contributed by atoms with Crippen LogP contribution in [0.2, 0.25) is 0 Å². The Morgan fingerprint density at radius 1 is 1.00 bits per heavy atom. The molecule has 0 fully saturated rings. The minimum atomic E-state index is -1.36. The van der Waals surface area contributed by atoms with Gasteiger partial charge in [-0.15, -0.1) is 0 Å². The van der Waals surface area contributed by atoms with Crippen molar-refractivity contribution in [1.82, 2.24) is 5.32 Å². The molecule has 0 saturated heterocycles. The molecule has 9 nitrogen and oxygen atoms in total. The number of aliphatic hydroxyl groups is 5. The second-order valence-corrected chi connectivity index (χ2v) is 8.74. The zero-order valence-electron chi connectivity index (χ0n) is 14.0. The molecule has 2 amide bonds. The molecular weight excluding hydrogens is 701 g/mol. The number of amides is 2. The Hall–Kier alpha value is 0.150. The van der Waals surface area contributed by atoms with Gasteiger partial charge in [-0.05, 0) is 74.7 Å². The number of rotatable bonds is 8. The second kappa shape index (κ2) is 11.4. The van der Waals surface area contributed by atoms with Gasteiger partial charge in [-0.25, -0.2) is 0 Å². The van der Waals surface area contributed by atoms with Crippen LogP contribution in [0.3, 0.4) is 0 Å². The van der Waals surface area contributed by atoms with Crippen LogP contribution in [0.1, 0.15) is 22.8 Å². The maximum atomic E-state index is 12.8. The van der Waals surface area contributed by atoms with Crippen LogP contribution in [0.25, 0.3) is 0 Å². The van der Waals surface area contributed by atoms with Crippen LogP contribution in [0.15, 0.2) is 0 Å². The number of aliphatic hydroxyl groups excluding tert-OH is 5. The fourth-order valence-electron chi connectivity index (χ4n) is 2.02. The SMILES string of the molecule is CC(O)C(=O)Nc1c(I)c(CO)c(I)c(C(=O)NC(CO)C(O)CO)c1I. The van der Waals surface area contributed by atoms with E-state index in [4.69, 9.17) is 5.11 Å². The maximum Gasteiger partial charge on any atom is 0.253 e. The minimum Gasteiger partial charge on any atom is -0.394 e. The van der Waals surface area contributed by atoms with Crippen molar-refractivity contribution in [3.05, 3.63) is 21.8 Å². The smallest absolute Gasteiger partial charge is 0.253 e. The summed E-state index contributed by atoms with van der Waals surface area (Å²) in [6.07, 6.45) is -2.63. The van der Waals surface area contributed by atoms with Crippen LogP contribution < -0.4 is 10.6 Å². The van der Waals surface area contributed by atoms with Crippen molar-refractivity contribution >= 4 is 85.3 Å². The van der Waals surface area contributed by atoms with Crippen molar-refractivity contribution in [2.45, 2.75) is 31.8 Å². The van der Waals surface area contributed by atoms with Gasteiger partial charge in [0, 0.05) is 12.7 Å². The van der Waals surface area contributed by atoms with Crippen molar-refractivity contribution in [2.24, 2.45) is 0 Å². The van der Waals surface area contributed by atoms with Crippen LogP contribution in [-0.4, -0.2) is 68.8 Å². The molecule has 0 aliphatic rings. The molecule has 12 heteroatoms. The number of benzene rings is 1. The van der Waals surface area contributed by atoms with Gasteiger partial charge in [0.25, 0.3) is 11.8 Å². The third kappa shape index (κ3) is 6.06. The lowest BCUT2D eigenvalue weighted by molar-refractivity contribution is -0.123. The summed E-state index contributed by atoms with van der Waals surface area (Å²) < 4.78 is 1.32. The Kier molecular flexibility index (Phi) is 10.6. The number of nitrogens with one attached hydrogen (secondary N) is 2. The van der Waals surface area contributed by atoms with E-state index in [1.54, 1.807) is 0 Å². The van der Waals surface area contributed by atoms with Gasteiger partial charge >= 0.3 is 0 Å². The van der Waals surface area contributed by atoms with Gasteiger partial charge in [0.15, 0.2) is 0 Å². The molecule has 3 unspecified atom stereocenters. The van der Waals surface area contributed by atoms with Crippen molar-refractivity contribution in [3.63, 3.8) is 0 Å². The Morgan fingerprint density at radius 2 is 1.59 bits per heavy atom. The fraction of sp³-hybridized carbons (Fsp3) is 0.467. The lowest BCUT2D eigenvalue weighted by Gasteiger charge is -2.23. The number of anilines is 1. The Morgan fingerprint density at radius 3 is 2.04 bits per heavy atom. The third-order valence-electron chi connectivity index (χ3n) is 3.59. The van der Waals surface area contributed by atoms with Gasteiger partial charge in [-0.3, -0.25) is 9.59 Å². The fourth-order valence-corrected chi connectivity index (χ4v) is 6.29. The second-order valence-electron chi connectivity index (χ2n) is 5.51. The van der Waals surface area contributed by atoms with Gasteiger partial charge in [0.2, 0.25) is 0 Å². The van der Waals surface area contributed by atoms with Crippen molar-refractivity contribution in [3.8, 4) is 0 Å². The molecule has 0 aliphatic heterocycles. The van der Waals surface area contributed by atoms with E-state index in [2.05, 4.69) is 10.6 Å². The summed E-state index contributed by atoms with van der Waals surface area (Å²) in [7, 11) is 0. The van der Waals surface area contributed by atoms with E-state index in [1.807, 2.05) is 67.8 Å². The van der Waals surface area contributed by atoms with E-state index in [9.17, 15) is 30.0 Å². The molecule has 0 aliphatic carbocycles. The molecule has 1 aromatic carbocycles. The average Bonchev–Trinajstić information content (AvgIpc) is 2.62. The predicted octanol–water partition coefficient (Wildman–Crippen LogP) is -0.244. The van der Waals surface area contributed by atoms with Crippen LogP contribution in [0, 0.1) is 10.7 Å². The Bertz CT molecular complexity index is 715. The molecule has 0 bridgehead atoms. The van der Waals surface area contributed by atoms with E-state index in [0.29, 0.717) is 16.3 Å². The number of halogens is 3. The first-order valence-corrected chi connectivity index (χ1v) is 10.8. The molecule has 7 N–H and O–H groups in total. The monoisotopic (exact) mass is 720 g/mol. The molecule has 27 heavy (non-hydrogen) atoms. The molecule has 0 radical (unpaired) electrons. The molecular formula is C15H19I3N2O7. The summed E-state index contributed by atoms with van der Waals surface area (Å²) >= 11 is 5.68. The van der Waals surface area contributed by atoms with Gasteiger partial charge < -0.3 is 36.2 Å². The van der Waals surface area contributed by atoms with Gasteiger partial charge in [-0.2, -0.15) is 0 Å². The van der Waals surface area contributed by atoms with Gasteiger partial charge in [-0.1, -0.05) is 0 Å². The quantitative estimate of drug-likeness (QED) is 0.183. The number of carbonyl (C=O) groups excluding carboxylic acids is 2. The summed E-state index contributed by atoms with van der Waals surface area (Å²) in [5.74, 6) is -1.33. The topological polar surface area (TPSA) is 159 Å².